The van der Waals surface area contributed by atoms with Crippen LogP contribution in [0.4, 0.5) is 11.4 Å². The van der Waals surface area contributed by atoms with E-state index in [2.05, 4.69) is 26.3 Å². The molecule has 0 aliphatic rings. The predicted octanol–water partition coefficient (Wildman–Crippen LogP) is 2.79. The number of nitrogens with two attached hydrogens (primary N) is 1. The van der Waals surface area contributed by atoms with Crippen molar-refractivity contribution in [3.05, 3.63) is 39.6 Å². The molecule has 1 amide bonds. The average Bonchev–Trinajstić information content (AvgIpc) is 2.61. The van der Waals surface area contributed by atoms with Gasteiger partial charge in [0.2, 0.25) is 5.91 Å². The van der Waals surface area contributed by atoms with Gasteiger partial charge in [-0.05, 0) is 54.4 Å². The number of carbonyl (C=O) groups excluding carboxylic acids is 1. The molecule has 6 heteroatoms. The van der Waals surface area contributed by atoms with Gasteiger partial charge in [0.25, 0.3) is 0 Å². The molecular formula is C14H17BrN4O. The zero-order valence-corrected chi connectivity index (χ0v) is 13.3. The lowest BCUT2D eigenvalue weighted by molar-refractivity contribution is -0.116. The number of halogens is 1. The van der Waals surface area contributed by atoms with E-state index >= 15 is 0 Å². The first kappa shape index (κ1) is 14.6. The second-order valence-electron chi connectivity index (χ2n) is 4.76. The number of carbonyl (C=O) groups is 1. The fraction of sp³-hybridized carbons (Fsp3) is 0.286. The van der Waals surface area contributed by atoms with Crippen LogP contribution in [0.1, 0.15) is 17.0 Å². The summed E-state index contributed by atoms with van der Waals surface area (Å²) in [7, 11) is 0. The molecule has 1 heterocycles. The Labute approximate surface area is 126 Å². The van der Waals surface area contributed by atoms with E-state index in [-0.39, 0.29) is 12.5 Å². The van der Waals surface area contributed by atoms with E-state index in [1.165, 1.54) is 0 Å². The third-order valence-electron chi connectivity index (χ3n) is 3.15. The van der Waals surface area contributed by atoms with Gasteiger partial charge in [-0.3, -0.25) is 9.48 Å². The van der Waals surface area contributed by atoms with Crippen LogP contribution >= 0.6 is 15.9 Å². The molecule has 5 nitrogen and oxygen atoms in total. The van der Waals surface area contributed by atoms with Crippen LogP contribution in [-0.4, -0.2) is 15.7 Å². The summed E-state index contributed by atoms with van der Waals surface area (Å²) >= 11 is 3.44. The molecule has 0 unspecified atom stereocenters. The van der Waals surface area contributed by atoms with Gasteiger partial charge in [0.15, 0.2) is 0 Å². The molecule has 0 aliphatic heterocycles. The maximum atomic E-state index is 12.0. The van der Waals surface area contributed by atoms with Crippen LogP contribution in [0.2, 0.25) is 0 Å². The van der Waals surface area contributed by atoms with E-state index in [1.54, 1.807) is 10.7 Å². The summed E-state index contributed by atoms with van der Waals surface area (Å²) in [6, 6.07) is 5.47. The second-order valence-corrected chi connectivity index (χ2v) is 5.55. The van der Waals surface area contributed by atoms with Crippen molar-refractivity contribution in [2.45, 2.75) is 27.3 Å². The Morgan fingerprint density at radius 3 is 2.65 bits per heavy atom. The summed E-state index contributed by atoms with van der Waals surface area (Å²) in [5, 5.41) is 7.13. The van der Waals surface area contributed by atoms with E-state index in [1.807, 2.05) is 32.9 Å². The summed E-state index contributed by atoms with van der Waals surface area (Å²) in [5.74, 6) is -0.133. The number of aromatic nitrogens is 2. The number of nitrogen functional groups attached to an aromatic ring is 1. The quantitative estimate of drug-likeness (QED) is 0.846. The Bertz CT molecular complexity index is 663. The minimum atomic E-state index is -0.133. The lowest BCUT2D eigenvalue weighted by Gasteiger charge is -2.08. The van der Waals surface area contributed by atoms with Crippen LogP contribution in [0.5, 0.6) is 0 Å². The SMILES string of the molecule is Cc1ccc(NC(=O)Cn2nc(C)c(Br)c2C)cc1N. The Balaban J connectivity index is 2.09. The van der Waals surface area contributed by atoms with Crippen molar-refractivity contribution in [3.63, 3.8) is 0 Å². The van der Waals surface area contributed by atoms with Crippen molar-refractivity contribution in [1.29, 1.82) is 0 Å². The van der Waals surface area contributed by atoms with Gasteiger partial charge in [-0.25, -0.2) is 0 Å². The third kappa shape index (κ3) is 3.01. The van der Waals surface area contributed by atoms with Gasteiger partial charge in [0.05, 0.1) is 15.9 Å². The van der Waals surface area contributed by atoms with Crippen LogP contribution in [-0.2, 0) is 11.3 Å². The highest BCUT2D eigenvalue weighted by atomic mass is 79.9. The van der Waals surface area contributed by atoms with Gasteiger partial charge in [-0.2, -0.15) is 5.10 Å². The van der Waals surface area contributed by atoms with E-state index in [0.29, 0.717) is 11.4 Å². The molecule has 0 bridgehead atoms. The molecule has 3 N–H and O–H groups in total. The maximum absolute atomic E-state index is 12.0. The van der Waals surface area contributed by atoms with Crippen LogP contribution in [0, 0.1) is 20.8 Å². The zero-order valence-electron chi connectivity index (χ0n) is 11.7. The number of hydrogen-bond donors (Lipinski definition) is 2. The molecule has 2 rings (SSSR count). The van der Waals surface area contributed by atoms with Crippen molar-refractivity contribution in [2.24, 2.45) is 0 Å². The Morgan fingerprint density at radius 2 is 2.10 bits per heavy atom. The molecule has 2 aromatic rings. The van der Waals surface area contributed by atoms with Crippen LogP contribution in [0.15, 0.2) is 22.7 Å². The van der Waals surface area contributed by atoms with E-state index in [0.717, 1.165) is 21.4 Å². The molecular weight excluding hydrogens is 320 g/mol. The van der Waals surface area contributed by atoms with Gasteiger partial charge >= 0.3 is 0 Å². The third-order valence-corrected chi connectivity index (χ3v) is 4.30. The smallest absolute Gasteiger partial charge is 0.246 e. The van der Waals surface area contributed by atoms with Gasteiger partial charge < -0.3 is 11.1 Å². The summed E-state index contributed by atoms with van der Waals surface area (Å²) in [4.78, 5) is 12.0. The van der Waals surface area contributed by atoms with E-state index in [4.69, 9.17) is 5.73 Å². The molecule has 0 spiro atoms. The summed E-state index contributed by atoms with van der Waals surface area (Å²) in [6.07, 6.45) is 0. The van der Waals surface area contributed by atoms with Crippen molar-refractivity contribution < 1.29 is 4.79 Å². The van der Waals surface area contributed by atoms with Crippen molar-refractivity contribution in [1.82, 2.24) is 9.78 Å². The fourth-order valence-electron chi connectivity index (χ4n) is 1.88. The number of anilines is 2. The molecule has 0 saturated heterocycles. The monoisotopic (exact) mass is 336 g/mol. The van der Waals surface area contributed by atoms with Crippen LogP contribution < -0.4 is 11.1 Å². The number of hydrogen-bond acceptors (Lipinski definition) is 3. The van der Waals surface area contributed by atoms with E-state index < -0.39 is 0 Å². The zero-order chi connectivity index (χ0) is 14.9. The maximum Gasteiger partial charge on any atom is 0.246 e. The molecule has 1 aromatic heterocycles. The predicted molar refractivity (Wildman–Crippen MR) is 83.6 cm³/mol. The standard InChI is InChI=1S/C14H17BrN4O/c1-8-4-5-11(6-12(8)16)17-13(20)7-19-10(3)14(15)9(2)18-19/h4-6H,7,16H2,1-3H3,(H,17,20). The lowest BCUT2D eigenvalue weighted by Crippen LogP contribution is -2.20. The molecule has 0 aliphatic carbocycles. The first-order chi connectivity index (χ1) is 9.38. The summed E-state index contributed by atoms with van der Waals surface area (Å²) in [6.45, 7) is 5.91. The largest absolute Gasteiger partial charge is 0.398 e. The lowest BCUT2D eigenvalue weighted by atomic mass is 10.2. The number of aryl methyl sites for hydroxylation is 2. The Kier molecular flexibility index (Phi) is 4.13. The average molecular weight is 337 g/mol. The van der Waals surface area contributed by atoms with Gasteiger partial charge in [0, 0.05) is 11.4 Å². The van der Waals surface area contributed by atoms with Crippen LogP contribution in [0.25, 0.3) is 0 Å². The normalized spacial score (nSPS) is 10.6. The Hall–Kier alpha value is -1.82. The van der Waals surface area contributed by atoms with Crippen molar-refractivity contribution in [3.8, 4) is 0 Å². The summed E-state index contributed by atoms with van der Waals surface area (Å²) in [5.41, 5.74) is 9.97. The minimum absolute atomic E-state index is 0.133. The van der Waals surface area contributed by atoms with Gasteiger partial charge in [-0.15, -0.1) is 0 Å². The first-order valence-corrected chi connectivity index (χ1v) is 7.03. The highest BCUT2D eigenvalue weighted by molar-refractivity contribution is 9.10. The highest BCUT2D eigenvalue weighted by Gasteiger charge is 2.12. The van der Waals surface area contributed by atoms with E-state index in [9.17, 15) is 4.79 Å². The highest BCUT2D eigenvalue weighted by Crippen LogP contribution is 2.20. The van der Waals surface area contributed by atoms with Crippen molar-refractivity contribution in [2.75, 3.05) is 11.1 Å². The molecule has 0 radical (unpaired) electrons. The molecule has 0 saturated carbocycles. The number of amides is 1. The van der Waals surface area contributed by atoms with Crippen molar-refractivity contribution >= 4 is 33.2 Å². The topological polar surface area (TPSA) is 72.9 Å². The van der Waals surface area contributed by atoms with Crippen LogP contribution in [0.3, 0.4) is 0 Å². The second kappa shape index (κ2) is 5.66. The molecule has 0 fully saturated rings. The molecule has 106 valence electrons. The molecule has 1 aromatic carbocycles. The Morgan fingerprint density at radius 1 is 1.40 bits per heavy atom. The van der Waals surface area contributed by atoms with Gasteiger partial charge in [0.1, 0.15) is 6.54 Å². The molecule has 20 heavy (non-hydrogen) atoms. The molecule has 0 atom stereocenters. The number of rotatable bonds is 3. The van der Waals surface area contributed by atoms with Gasteiger partial charge in [-0.1, -0.05) is 6.07 Å². The number of benzene rings is 1. The fourth-order valence-corrected chi connectivity index (χ4v) is 2.17. The number of nitrogens with one attached hydrogen (secondary N) is 1. The minimum Gasteiger partial charge on any atom is -0.398 e. The number of nitrogens with zero attached hydrogens (tertiary/aromatic N) is 2. The first-order valence-electron chi connectivity index (χ1n) is 6.24. The summed E-state index contributed by atoms with van der Waals surface area (Å²) < 4.78 is 2.61.